The SMILES string of the molecule is CCC(=O)OC(CCC(=O)[C@@H]1C[C@H](C)CC[C@H]1C(C)C)c1ccccc1.CCC(=O)O[C@@H](CCC(=O)[C@@H]1C[C@H](C)CC[C@H]1C(C)C)c1ccccc1. The fourth-order valence-corrected chi connectivity index (χ4v) is 8.47. The fourth-order valence-electron chi connectivity index (χ4n) is 8.47. The van der Waals surface area contributed by atoms with Gasteiger partial charge in [0.2, 0.25) is 0 Å². The Morgan fingerprint density at radius 1 is 0.577 bits per heavy atom. The zero-order valence-corrected chi connectivity index (χ0v) is 33.5. The summed E-state index contributed by atoms with van der Waals surface area (Å²) in [7, 11) is 0. The molecule has 2 fully saturated rings. The zero-order valence-electron chi connectivity index (χ0n) is 33.5. The van der Waals surface area contributed by atoms with Crippen LogP contribution in [-0.4, -0.2) is 23.5 Å². The molecule has 2 aliphatic rings. The minimum Gasteiger partial charge on any atom is -0.457 e. The molecule has 0 spiro atoms. The molecule has 2 saturated carbocycles. The highest BCUT2D eigenvalue weighted by molar-refractivity contribution is 5.82. The number of benzene rings is 2. The largest absolute Gasteiger partial charge is 0.457 e. The molecule has 2 aromatic carbocycles. The molecule has 0 aromatic heterocycles. The highest BCUT2D eigenvalue weighted by atomic mass is 16.5. The first kappa shape index (κ1) is 43.1. The molecule has 0 aliphatic heterocycles. The first-order valence-electron chi connectivity index (χ1n) is 20.4. The Morgan fingerprint density at radius 2 is 0.923 bits per heavy atom. The number of Topliss-reactive ketones (excluding diaryl/α,β-unsaturated/α-hetero) is 2. The first-order valence-corrected chi connectivity index (χ1v) is 20.4. The van der Waals surface area contributed by atoms with E-state index < -0.39 is 0 Å². The quantitative estimate of drug-likeness (QED) is 0.161. The maximum atomic E-state index is 13.0. The number of rotatable bonds is 16. The van der Waals surface area contributed by atoms with Crippen molar-refractivity contribution < 1.29 is 28.7 Å². The predicted octanol–water partition coefficient (Wildman–Crippen LogP) is 11.5. The number of carbonyl (C=O) groups excluding carboxylic acids is 4. The van der Waals surface area contributed by atoms with Crippen molar-refractivity contribution in [3.05, 3.63) is 71.8 Å². The Labute approximate surface area is 315 Å². The van der Waals surface area contributed by atoms with Crippen LogP contribution >= 0.6 is 0 Å². The van der Waals surface area contributed by atoms with Gasteiger partial charge in [-0.3, -0.25) is 19.2 Å². The van der Waals surface area contributed by atoms with E-state index in [-0.39, 0.29) is 36.0 Å². The summed E-state index contributed by atoms with van der Waals surface area (Å²) in [5.41, 5.74) is 1.94. The second kappa shape index (κ2) is 22.1. The van der Waals surface area contributed by atoms with Crippen LogP contribution in [0.2, 0.25) is 0 Å². The number of esters is 2. The molecule has 1 unspecified atom stereocenters. The molecule has 8 atom stereocenters. The van der Waals surface area contributed by atoms with E-state index in [0.717, 1.165) is 36.8 Å². The van der Waals surface area contributed by atoms with Gasteiger partial charge in [0.05, 0.1) is 0 Å². The van der Waals surface area contributed by atoms with Gasteiger partial charge in [-0.25, -0.2) is 0 Å². The van der Waals surface area contributed by atoms with Crippen LogP contribution in [0.3, 0.4) is 0 Å². The molecule has 52 heavy (non-hydrogen) atoms. The molecule has 6 nitrogen and oxygen atoms in total. The lowest BCUT2D eigenvalue weighted by molar-refractivity contribution is -0.150. The van der Waals surface area contributed by atoms with Gasteiger partial charge in [0.25, 0.3) is 0 Å². The minimum atomic E-state index is -0.328. The van der Waals surface area contributed by atoms with Gasteiger partial charge in [-0.2, -0.15) is 0 Å². The second-order valence-corrected chi connectivity index (χ2v) is 16.4. The molecule has 0 heterocycles. The normalized spacial score (nSPS) is 24.3. The van der Waals surface area contributed by atoms with Crippen LogP contribution in [0.4, 0.5) is 0 Å². The van der Waals surface area contributed by atoms with Crippen LogP contribution in [0.15, 0.2) is 60.7 Å². The van der Waals surface area contributed by atoms with Crippen LogP contribution in [0, 0.1) is 47.3 Å². The molecule has 0 bridgehead atoms. The van der Waals surface area contributed by atoms with Gasteiger partial charge in [0.1, 0.15) is 23.8 Å². The van der Waals surface area contributed by atoms with Gasteiger partial charge >= 0.3 is 11.9 Å². The lowest BCUT2D eigenvalue weighted by atomic mass is 9.68. The van der Waals surface area contributed by atoms with Gasteiger partial charge in [0, 0.05) is 37.5 Å². The van der Waals surface area contributed by atoms with Crippen molar-refractivity contribution in [3.63, 3.8) is 0 Å². The van der Waals surface area contributed by atoms with Crippen molar-refractivity contribution >= 4 is 23.5 Å². The Hall–Kier alpha value is -3.28. The van der Waals surface area contributed by atoms with E-state index in [9.17, 15) is 19.2 Å². The summed E-state index contributed by atoms with van der Waals surface area (Å²) in [5.74, 6) is 3.93. The lowest BCUT2D eigenvalue weighted by Crippen LogP contribution is -2.33. The summed E-state index contributed by atoms with van der Waals surface area (Å²) in [6.07, 6.45) is 8.95. The molecular formula is C46H68O6. The van der Waals surface area contributed by atoms with Crippen molar-refractivity contribution in [2.24, 2.45) is 47.3 Å². The van der Waals surface area contributed by atoms with Crippen LogP contribution < -0.4 is 0 Å². The van der Waals surface area contributed by atoms with E-state index in [4.69, 9.17) is 9.47 Å². The van der Waals surface area contributed by atoms with Crippen molar-refractivity contribution in [3.8, 4) is 0 Å². The van der Waals surface area contributed by atoms with E-state index in [1.54, 1.807) is 13.8 Å². The van der Waals surface area contributed by atoms with Gasteiger partial charge < -0.3 is 9.47 Å². The summed E-state index contributed by atoms with van der Waals surface area (Å²) in [6.45, 7) is 17.0. The summed E-state index contributed by atoms with van der Waals surface area (Å²) >= 11 is 0. The summed E-state index contributed by atoms with van der Waals surface area (Å²) in [5, 5.41) is 0. The third kappa shape index (κ3) is 13.6. The Morgan fingerprint density at radius 3 is 1.23 bits per heavy atom. The molecule has 0 radical (unpaired) electrons. The first-order chi connectivity index (χ1) is 24.8. The molecule has 2 aliphatic carbocycles. The molecule has 0 N–H and O–H groups in total. The number of hydrogen-bond donors (Lipinski definition) is 0. The van der Waals surface area contributed by atoms with Crippen molar-refractivity contribution in [1.82, 2.24) is 0 Å². The molecule has 288 valence electrons. The maximum Gasteiger partial charge on any atom is 0.306 e. The fraction of sp³-hybridized carbons (Fsp3) is 0.652. The van der Waals surface area contributed by atoms with Crippen molar-refractivity contribution in [2.45, 2.75) is 145 Å². The summed E-state index contributed by atoms with van der Waals surface area (Å²) in [4.78, 5) is 49.7. The third-order valence-electron chi connectivity index (χ3n) is 11.6. The maximum absolute atomic E-state index is 13.0. The van der Waals surface area contributed by atoms with Gasteiger partial charge in [-0.15, -0.1) is 0 Å². The van der Waals surface area contributed by atoms with Crippen molar-refractivity contribution in [1.29, 1.82) is 0 Å². The molecule has 0 amide bonds. The predicted molar refractivity (Wildman–Crippen MR) is 209 cm³/mol. The van der Waals surface area contributed by atoms with E-state index in [1.807, 2.05) is 60.7 Å². The third-order valence-corrected chi connectivity index (χ3v) is 11.6. The molecular weight excluding hydrogens is 648 g/mol. The topological polar surface area (TPSA) is 86.7 Å². The highest BCUT2D eigenvalue weighted by Crippen LogP contribution is 2.41. The van der Waals surface area contributed by atoms with Crippen molar-refractivity contribution in [2.75, 3.05) is 0 Å². The zero-order chi connectivity index (χ0) is 38.2. The standard InChI is InChI=1S/2C23H34O3/c2*1-5-23(25)26-22(18-9-7-6-8-10-18)14-13-21(24)20-15-17(4)11-12-19(20)16(2)3/h2*6-10,16-17,19-20,22H,5,11-15H2,1-4H3/t17-,19+,20-,22?;17-,19+,20-,22+/m11/s1. The average Bonchev–Trinajstić information content (AvgIpc) is 3.15. The highest BCUT2D eigenvalue weighted by Gasteiger charge is 2.36. The van der Waals surface area contributed by atoms with E-state index in [1.165, 1.54) is 12.8 Å². The van der Waals surface area contributed by atoms with E-state index in [0.29, 0.717) is 85.6 Å². The number of hydrogen-bond acceptors (Lipinski definition) is 6. The number of ketones is 2. The number of carbonyl (C=O) groups is 4. The molecule has 4 rings (SSSR count). The van der Waals surface area contributed by atoms with Crippen LogP contribution in [0.25, 0.3) is 0 Å². The van der Waals surface area contributed by atoms with E-state index >= 15 is 0 Å². The Balaban J connectivity index is 0.000000280. The molecule has 2 aromatic rings. The average molecular weight is 717 g/mol. The van der Waals surface area contributed by atoms with Gasteiger partial charge in [-0.1, -0.05) is 129 Å². The second-order valence-electron chi connectivity index (χ2n) is 16.4. The monoisotopic (exact) mass is 717 g/mol. The molecule has 6 heteroatoms. The minimum absolute atomic E-state index is 0.164. The smallest absolute Gasteiger partial charge is 0.306 e. The van der Waals surface area contributed by atoms with Gasteiger partial charge in [-0.05, 0) is 85.2 Å². The number of ether oxygens (including phenoxy) is 2. The van der Waals surface area contributed by atoms with Crippen LogP contribution in [-0.2, 0) is 28.7 Å². The van der Waals surface area contributed by atoms with Crippen LogP contribution in [0.5, 0.6) is 0 Å². The Kier molecular flexibility index (Phi) is 18.3. The van der Waals surface area contributed by atoms with E-state index in [2.05, 4.69) is 41.5 Å². The summed E-state index contributed by atoms with van der Waals surface area (Å²) in [6, 6.07) is 19.6. The molecule has 0 saturated heterocycles. The Bertz CT molecular complexity index is 1260. The van der Waals surface area contributed by atoms with Crippen LogP contribution in [0.1, 0.15) is 156 Å². The van der Waals surface area contributed by atoms with Gasteiger partial charge in [0.15, 0.2) is 0 Å². The lowest BCUT2D eigenvalue weighted by Gasteiger charge is -2.36. The summed E-state index contributed by atoms with van der Waals surface area (Å²) < 4.78 is 11.3.